The van der Waals surface area contributed by atoms with Gasteiger partial charge in [-0.05, 0) is 19.0 Å². The van der Waals surface area contributed by atoms with Crippen molar-refractivity contribution < 1.29 is 4.74 Å². The number of hydrogen-bond acceptors (Lipinski definition) is 5. The van der Waals surface area contributed by atoms with Gasteiger partial charge in [-0.25, -0.2) is 0 Å². The predicted octanol–water partition coefficient (Wildman–Crippen LogP) is 1.27. The van der Waals surface area contributed by atoms with Gasteiger partial charge < -0.3 is 9.64 Å². The van der Waals surface area contributed by atoms with Crippen molar-refractivity contribution in [3.8, 4) is 5.88 Å². The summed E-state index contributed by atoms with van der Waals surface area (Å²) in [4.78, 5) is 2.27. The van der Waals surface area contributed by atoms with E-state index in [-0.39, 0.29) is 0 Å². The van der Waals surface area contributed by atoms with Gasteiger partial charge in [-0.3, -0.25) is 0 Å². The maximum Gasteiger partial charge on any atom is 0.253 e. The SMILES string of the molecule is COc1nsnc1C1=CCN(C)CC1. The van der Waals surface area contributed by atoms with Gasteiger partial charge in [0.05, 0.1) is 18.8 Å². The first-order chi connectivity index (χ1) is 6.81. The fourth-order valence-corrected chi connectivity index (χ4v) is 2.05. The van der Waals surface area contributed by atoms with E-state index < -0.39 is 0 Å². The largest absolute Gasteiger partial charge is 0.479 e. The van der Waals surface area contributed by atoms with Gasteiger partial charge in [-0.1, -0.05) is 6.08 Å². The highest BCUT2D eigenvalue weighted by molar-refractivity contribution is 6.99. The highest BCUT2D eigenvalue weighted by atomic mass is 32.1. The Balaban J connectivity index is 2.23. The molecule has 2 heterocycles. The number of likely N-dealkylation sites (N-methyl/N-ethyl adjacent to an activating group) is 1. The lowest BCUT2D eigenvalue weighted by Crippen LogP contribution is -2.23. The molecular formula is C9H13N3OS. The summed E-state index contributed by atoms with van der Waals surface area (Å²) in [6, 6.07) is 0. The van der Waals surface area contributed by atoms with Gasteiger partial charge in [0.1, 0.15) is 5.69 Å². The second-order valence-electron chi connectivity index (χ2n) is 3.36. The minimum Gasteiger partial charge on any atom is -0.479 e. The fourth-order valence-electron chi connectivity index (χ4n) is 1.50. The number of ether oxygens (including phenoxy) is 1. The molecule has 76 valence electrons. The highest BCUT2D eigenvalue weighted by Crippen LogP contribution is 2.27. The first kappa shape index (κ1) is 9.61. The van der Waals surface area contributed by atoms with E-state index in [1.807, 2.05) is 0 Å². The summed E-state index contributed by atoms with van der Waals surface area (Å²) < 4.78 is 13.5. The van der Waals surface area contributed by atoms with Crippen LogP contribution in [-0.2, 0) is 0 Å². The molecule has 2 rings (SSSR count). The van der Waals surface area contributed by atoms with E-state index in [9.17, 15) is 0 Å². The zero-order valence-electron chi connectivity index (χ0n) is 8.36. The second kappa shape index (κ2) is 4.06. The molecule has 0 aromatic carbocycles. The smallest absolute Gasteiger partial charge is 0.253 e. The number of methoxy groups -OCH3 is 1. The van der Waals surface area contributed by atoms with Gasteiger partial charge in [0, 0.05) is 13.1 Å². The van der Waals surface area contributed by atoms with Crippen molar-refractivity contribution in [3.63, 3.8) is 0 Å². The molecule has 0 N–H and O–H groups in total. The molecule has 1 aromatic rings. The van der Waals surface area contributed by atoms with Gasteiger partial charge >= 0.3 is 0 Å². The summed E-state index contributed by atoms with van der Waals surface area (Å²) in [5, 5.41) is 0. The average molecular weight is 211 g/mol. The van der Waals surface area contributed by atoms with Crippen LogP contribution in [0.4, 0.5) is 0 Å². The quantitative estimate of drug-likeness (QED) is 0.738. The van der Waals surface area contributed by atoms with Crippen LogP contribution < -0.4 is 4.74 Å². The Kier molecular flexibility index (Phi) is 2.79. The summed E-state index contributed by atoms with van der Waals surface area (Å²) in [7, 11) is 3.75. The van der Waals surface area contributed by atoms with E-state index in [0.717, 1.165) is 25.2 Å². The van der Waals surface area contributed by atoms with Crippen LogP contribution in [0.1, 0.15) is 12.1 Å². The molecular weight excluding hydrogens is 198 g/mol. The summed E-state index contributed by atoms with van der Waals surface area (Å²) in [6.07, 6.45) is 3.22. The third-order valence-corrected chi connectivity index (χ3v) is 2.88. The molecule has 5 heteroatoms. The van der Waals surface area contributed by atoms with E-state index >= 15 is 0 Å². The van der Waals surface area contributed by atoms with Crippen LogP contribution in [0, 0.1) is 0 Å². The van der Waals surface area contributed by atoms with Crippen LogP contribution in [-0.4, -0.2) is 40.9 Å². The molecule has 0 fully saturated rings. The lowest BCUT2D eigenvalue weighted by molar-refractivity contribution is 0.368. The molecule has 1 aliphatic rings. The third kappa shape index (κ3) is 1.78. The highest BCUT2D eigenvalue weighted by Gasteiger charge is 2.16. The molecule has 0 unspecified atom stereocenters. The molecule has 0 saturated heterocycles. The van der Waals surface area contributed by atoms with Crippen molar-refractivity contribution in [2.24, 2.45) is 0 Å². The summed E-state index contributed by atoms with van der Waals surface area (Å²) >= 11 is 1.21. The van der Waals surface area contributed by atoms with Crippen LogP contribution in [0.3, 0.4) is 0 Å². The van der Waals surface area contributed by atoms with E-state index in [1.165, 1.54) is 17.3 Å². The van der Waals surface area contributed by atoms with Gasteiger partial charge in [-0.2, -0.15) is 4.37 Å². The summed E-state index contributed by atoms with van der Waals surface area (Å²) in [6.45, 7) is 2.06. The molecule has 0 atom stereocenters. The lowest BCUT2D eigenvalue weighted by atomic mass is 10.1. The Labute approximate surface area is 87.5 Å². The molecule has 0 amide bonds. The van der Waals surface area contributed by atoms with Crippen molar-refractivity contribution in [1.29, 1.82) is 0 Å². The second-order valence-corrected chi connectivity index (χ2v) is 3.89. The Hall–Kier alpha value is -0.940. The van der Waals surface area contributed by atoms with E-state index in [2.05, 4.69) is 26.8 Å². The van der Waals surface area contributed by atoms with Gasteiger partial charge in [0.15, 0.2) is 0 Å². The maximum atomic E-state index is 5.15. The zero-order valence-corrected chi connectivity index (χ0v) is 9.17. The molecule has 1 aliphatic heterocycles. The van der Waals surface area contributed by atoms with Crippen LogP contribution in [0.5, 0.6) is 5.88 Å². The van der Waals surface area contributed by atoms with E-state index in [1.54, 1.807) is 7.11 Å². The average Bonchev–Trinajstić information content (AvgIpc) is 2.67. The molecule has 4 nitrogen and oxygen atoms in total. The molecule has 0 bridgehead atoms. The molecule has 0 spiro atoms. The summed E-state index contributed by atoms with van der Waals surface area (Å²) in [5.41, 5.74) is 2.18. The normalized spacial score (nSPS) is 18.0. The van der Waals surface area contributed by atoms with Crippen molar-refractivity contribution in [2.75, 3.05) is 27.2 Å². The monoisotopic (exact) mass is 211 g/mol. The molecule has 0 radical (unpaired) electrons. The molecule has 0 saturated carbocycles. The fraction of sp³-hybridized carbons (Fsp3) is 0.556. The van der Waals surface area contributed by atoms with Crippen LogP contribution in [0.25, 0.3) is 5.57 Å². The zero-order chi connectivity index (χ0) is 9.97. The summed E-state index contributed by atoms with van der Waals surface area (Å²) in [5.74, 6) is 0.658. The molecule has 0 aliphatic carbocycles. The van der Waals surface area contributed by atoms with Crippen molar-refractivity contribution in [1.82, 2.24) is 13.6 Å². The van der Waals surface area contributed by atoms with Crippen LogP contribution >= 0.6 is 11.7 Å². The van der Waals surface area contributed by atoms with Crippen LogP contribution in [0.2, 0.25) is 0 Å². The third-order valence-electron chi connectivity index (χ3n) is 2.37. The number of hydrogen-bond donors (Lipinski definition) is 0. The van der Waals surface area contributed by atoms with Crippen molar-refractivity contribution in [3.05, 3.63) is 11.8 Å². The Morgan fingerprint density at radius 1 is 1.50 bits per heavy atom. The van der Waals surface area contributed by atoms with Gasteiger partial charge in [0.25, 0.3) is 5.88 Å². The topological polar surface area (TPSA) is 38.3 Å². The predicted molar refractivity (Wildman–Crippen MR) is 56.6 cm³/mol. The van der Waals surface area contributed by atoms with Crippen molar-refractivity contribution in [2.45, 2.75) is 6.42 Å². The number of nitrogens with zero attached hydrogens (tertiary/aromatic N) is 3. The molecule has 14 heavy (non-hydrogen) atoms. The van der Waals surface area contributed by atoms with Crippen LogP contribution in [0.15, 0.2) is 6.08 Å². The Morgan fingerprint density at radius 3 is 3.00 bits per heavy atom. The standard InChI is InChI=1S/C9H13N3OS/c1-12-5-3-7(4-6-12)8-9(13-2)11-14-10-8/h3H,4-6H2,1-2H3. The van der Waals surface area contributed by atoms with E-state index in [0.29, 0.717) is 5.88 Å². The molecule has 1 aromatic heterocycles. The minimum atomic E-state index is 0.658. The lowest BCUT2D eigenvalue weighted by Gasteiger charge is -2.20. The maximum absolute atomic E-state index is 5.15. The van der Waals surface area contributed by atoms with Gasteiger partial charge in [-0.15, -0.1) is 4.37 Å². The number of aromatic nitrogens is 2. The van der Waals surface area contributed by atoms with E-state index in [4.69, 9.17) is 4.74 Å². The van der Waals surface area contributed by atoms with Crippen molar-refractivity contribution >= 4 is 17.3 Å². The Morgan fingerprint density at radius 2 is 2.36 bits per heavy atom. The Bertz CT molecular complexity index is 348. The number of rotatable bonds is 2. The van der Waals surface area contributed by atoms with Gasteiger partial charge in [0.2, 0.25) is 0 Å². The minimum absolute atomic E-state index is 0.658. The first-order valence-corrected chi connectivity index (χ1v) is 5.29. The first-order valence-electron chi connectivity index (χ1n) is 4.55.